The minimum atomic E-state index is 0.384. The molecular formula is C10H7ClN2O. The summed E-state index contributed by atoms with van der Waals surface area (Å²) in [5, 5.41) is 1.23. The Morgan fingerprint density at radius 2 is 2.14 bits per heavy atom. The normalized spacial score (nSPS) is 10.4. The summed E-state index contributed by atoms with van der Waals surface area (Å²) < 4.78 is 0. The zero-order valence-corrected chi connectivity index (χ0v) is 8.25. The lowest BCUT2D eigenvalue weighted by molar-refractivity contribution is 0.112. The van der Waals surface area contributed by atoms with Crippen molar-refractivity contribution >= 4 is 28.8 Å². The first-order chi connectivity index (χ1) is 6.72. The van der Waals surface area contributed by atoms with Gasteiger partial charge in [-0.05, 0) is 13.0 Å². The van der Waals surface area contributed by atoms with Gasteiger partial charge in [0.1, 0.15) is 11.5 Å². The topological polar surface area (TPSA) is 42.9 Å². The second-order valence-electron chi connectivity index (χ2n) is 2.91. The van der Waals surface area contributed by atoms with Crippen molar-refractivity contribution in [3.8, 4) is 0 Å². The van der Waals surface area contributed by atoms with Gasteiger partial charge in [-0.25, -0.2) is 9.97 Å². The maximum absolute atomic E-state index is 10.8. The minimum absolute atomic E-state index is 0.384. The van der Waals surface area contributed by atoms with Crippen molar-refractivity contribution in [3.63, 3.8) is 0 Å². The first kappa shape index (κ1) is 9.09. The van der Waals surface area contributed by atoms with Crippen LogP contribution >= 0.6 is 11.6 Å². The van der Waals surface area contributed by atoms with Gasteiger partial charge in [-0.15, -0.1) is 0 Å². The van der Waals surface area contributed by atoms with E-state index in [1.54, 1.807) is 25.1 Å². The maximum atomic E-state index is 10.8. The Hall–Kier alpha value is -1.48. The molecule has 4 heteroatoms. The molecule has 0 radical (unpaired) electrons. The van der Waals surface area contributed by atoms with E-state index in [1.165, 1.54) is 0 Å². The quantitative estimate of drug-likeness (QED) is 0.673. The highest BCUT2D eigenvalue weighted by atomic mass is 35.5. The molecule has 0 fully saturated rings. The molecule has 70 valence electrons. The van der Waals surface area contributed by atoms with Gasteiger partial charge in [0, 0.05) is 5.39 Å². The summed E-state index contributed by atoms with van der Waals surface area (Å²) >= 11 is 5.95. The third-order valence-electron chi connectivity index (χ3n) is 1.93. The van der Waals surface area contributed by atoms with Crippen molar-refractivity contribution < 1.29 is 4.79 Å². The summed E-state index contributed by atoms with van der Waals surface area (Å²) in [7, 11) is 0. The van der Waals surface area contributed by atoms with E-state index in [1.807, 2.05) is 0 Å². The number of hydrogen-bond acceptors (Lipinski definition) is 3. The third kappa shape index (κ3) is 1.36. The Morgan fingerprint density at radius 1 is 1.36 bits per heavy atom. The summed E-state index contributed by atoms with van der Waals surface area (Å²) in [5.74, 6) is 0.549. The van der Waals surface area contributed by atoms with Gasteiger partial charge in [0.15, 0.2) is 6.29 Å². The van der Waals surface area contributed by atoms with Crippen LogP contribution in [0.1, 0.15) is 16.3 Å². The van der Waals surface area contributed by atoms with Gasteiger partial charge in [0.25, 0.3) is 0 Å². The molecule has 0 aliphatic rings. The molecule has 0 bridgehead atoms. The Labute approximate surface area is 85.7 Å². The molecule has 2 aromatic rings. The molecule has 0 unspecified atom stereocenters. The molecule has 0 N–H and O–H groups in total. The van der Waals surface area contributed by atoms with Crippen molar-refractivity contribution in [2.75, 3.05) is 0 Å². The smallest absolute Gasteiger partial charge is 0.169 e. The number of carbonyl (C=O) groups is 1. The van der Waals surface area contributed by atoms with Crippen molar-refractivity contribution in [3.05, 3.63) is 34.7 Å². The molecule has 14 heavy (non-hydrogen) atoms. The van der Waals surface area contributed by atoms with Crippen molar-refractivity contribution in [1.29, 1.82) is 0 Å². The van der Waals surface area contributed by atoms with Crippen LogP contribution in [-0.4, -0.2) is 16.3 Å². The molecule has 0 aliphatic carbocycles. The largest absolute Gasteiger partial charge is 0.296 e. The number of benzene rings is 1. The molecule has 0 atom stereocenters. The second kappa shape index (κ2) is 3.35. The SMILES string of the molecule is Cc1nc(C=O)c2cccc(Cl)c2n1. The molecule has 0 saturated heterocycles. The first-order valence-corrected chi connectivity index (χ1v) is 4.48. The first-order valence-electron chi connectivity index (χ1n) is 4.10. The molecule has 0 aliphatic heterocycles. The van der Waals surface area contributed by atoms with E-state index in [2.05, 4.69) is 9.97 Å². The van der Waals surface area contributed by atoms with E-state index < -0.39 is 0 Å². The van der Waals surface area contributed by atoms with Crippen LogP contribution in [0, 0.1) is 6.92 Å². The number of aldehydes is 1. The average molecular weight is 207 g/mol. The number of fused-ring (bicyclic) bond motifs is 1. The molecular weight excluding hydrogens is 200 g/mol. The van der Waals surface area contributed by atoms with Gasteiger partial charge in [0.2, 0.25) is 0 Å². The number of hydrogen-bond donors (Lipinski definition) is 0. The number of nitrogens with zero attached hydrogens (tertiary/aromatic N) is 2. The fourth-order valence-electron chi connectivity index (χ4n) is 1.35. The fraction of sp³-hybridized carbons (Fsp3) is 0.100. The Kier molecular flexibility index (Phi) is 2.17. The van der Waals surface area contributed by atoms with E-state index in [0.717, 1.165) is 0 Å². The van der Waals surface area contributed by atoms with Crippen LogP contribution in [0.4, 0.5) is 0 Å². The van der Waals surface area contributed by atoms with Gasteiger partial charge in [-0.1, -0.05) is 23.7 Å². The monoisotopic (exact) mass is 206 g/mol. The van der Waals surface area contributed by atoms with Crippen LogP contribution in [-0.2, 0) is 0 Å². The van der Waals surface area contributed by atoms with Gasteiger partial charge >= 0.3 is 0 Å². The van der Waals surface area contributed by atoms with Gasteiger partial charge < -0.3 is 0 Å². The molecule has 1 heterocycles. The lowest BCUT2D eigenvalue weighted by atomic mass is 10.2. The second-order valence-corrected chi connectivity index (χ2v) is 3.32. The van der Waals surface area contributed by atoms with E-state index >= 15 is 0 Å². The fourth-order valence-corrected chi connectivity index (χ4v) is 1.56. The lowest BCUT2D eigenvalue weighted by Crippen LogP contribution is -1.96. The van der Waals surface area contributed by atoms with Crippen LogP contribution in [0.2, 0.25) is 5.02 Å². The number of aryl methyl sites for hydroxylation is 1. The summed E-state index contributed by atoms with van der Waals surface area (Å²) in [6, 6.07) is 5.30. The summed E-state index contributed by atoms with van der Waals surface area (Å²) in [6.45, 7) is 1.73. The van der Waals surface area contributed by atoms with E-state index in [4.69, 9.17) is 11.6 Å². The Balaban J connectivity index is 2.94. The third-order valence-corrected chi connectivity index (χ3v) is 2.24. The lowest BCUT2D eigenvalue weighted by Gasteiger charge is -2.02. The molecule has 1 aromatic carbocycles. The average Bonchev–Trinajstić information content (AvgIpc) is 2.18. The highest BCUT2D eigenvalue weighted by Crippen LogP contribution is 2.22. The summed E-state index contributed by atoms with van der Waals surface area (Å²) in [6.07, 6.45) is 0.716. The Morgan fingerprint density at radius 3 is 2.86 bits per heavy atom. The number of rotatable bonds is 1. The zero-order chi connectivity index (χ0) is 10.1. The molecule has 0 amide bonds. The van der Waals surface area contributed by atoms with Crippen molar-refractivity contribution in [2.24, 2.45) is 0 Å². The zero-order valence-electron chi connectivity index (χ0n) is 7.49. The predicted molar refractivity (Wildman–Crippen MR) is 54.7 cm³/mol. The van der Waals surface area contributed by atoms with Crippen LogP contribution < -0.4 is 0 Å². The van der Waals surface area contributed by atoms with Crippen LogP contribution in [0.25, 0.3) is 10.9 Å². The van der Waals surface area contributed by atoms with Gasteiger partial charge in [0.05, 0.1) is 10.5 Å². The van der Waals surface area contributed by atoms with Crippen molar-refractivity contribution in [2.45, 2.75) is 6.92 Å². The maximum Gasteiger partial charge on any atom is 0.169 e. The number of carbonyl (C=O) groups excluding carboxylic acids is 1. The van der Waals surface area contributed by atoms with Gasteiger partial charge in [-0.3, -0.25) is 4.79 Å². The van der Waals surface area contributed by atoms with E-state index in [-0.39, 0.29) is 0 Å². The number of halogens is 1. The summed E-state index contributed by atoms with van der Waals surface area (Å²) in [5.41, 5.74) is 1.01. The molecule has 2 rings (SSSR count). The number of aromatic nitrogens is 2. The molecule has 0 saturated carbocycles. The van der Waals surface area contributed by atoms with E-state index in [9.17, 15) is 4.79 Å². The standard InChI is InChI=1S/C10H7ClN2O/c1-6-12-9(5-14)7-3-2-4-8(11)10(7)13-6/h2-5H,1H3. The molecule has 0 spiro atoms. The van der Waals surface area contributed by atoms with Crippen LogP contribution in [0.15, 0.2) is 18.2 Å². The van der Waals surface area contributed by atoms with Crippen LogP contribution in [0.3, 0.4) is 0 Å². The minimum Gasteiger partial charge on any atom is -0.296 e. The highest BCUT2D eigenvalue weighted by molar-refractivity contribution is 6.35. The van der Waals surface area contributed by atoms with Gasteiger partial charge in [-0.2, -0.15) is 0 Å². The van der Waals surface area contributed by atoms with Crippen LogP contribution in [0.5, 0.6) is 0 Å². The molecule has 3 nitrogen and oxygen atoms in total. The van der Waals surface area contributed by atoms with Crippen molar-refractivity contribution in [1.82, 2.24) is 9.97 Å². The molecule has 1 aromatic heterocycles. The number of para-hydroxylation sites is 1. The van der Waals surface area contributed by atoms with E-state index in [0.29, 0.717) is 33.7 Å². The predicted octanol–water partition coefficient (Wildman–Crippen LogP) is 2.40. The Bertz CT molecular complexity index is 511. The highest BCUT2D eigenvalue weighted by Gasteiger charge is 2.06. The summed E-state index contributed by atoms with van der Waals surface area (Å²) in [4.78, 5) is 19.0.